The lowest BCUT2D eigenvalue weighted by Gasteiger charge is -2.39. The molecule has 0 radical (unpaired) electrons. The number of hydrogen-bond donors (Lipinski definition) is 0. The molecule has 3 heterocycles. The summed E-state index contributed by atoms with van der Waals surface area (Å²) in [6, 6.07) is 0.186. The van der Waals surface area contributed by atoms with Gasteiger partial charge < -0.3 is 9.80 Å². The molecule has 7 nitrogen and oxygen atoms in total. The molecule has 2 aliphatic rings. The highest BCUT2D eigenvalue weighted by atomic mass is 16.2. The fourth-order valence-electron chi connectivity index (χ4n) is 4.14. The Bertz CT molecular complexity index is 801. The number of carbonyl (C=O) groups excluding carboxylic acids is 1. The lowest BCUT2D eigenvalue weighted by molar-refractivity contribution is 0.0717. The molecule has 7 heteroatoms. The quantitative estimate of drug-likeness (QED) is 0.841. The van der Waals surface area contributed by atoms with Crippen LogP contribution in [0.1, 0.15) is 47.3 Å². The molecule has 1 amide bonds. The number of nitrogens with zero attached hydrogens (tertiary/aromatic N) is 6. The molecular weight excluding hydrogens is 328 g/mol. The second kappa shape index (κ2) is 7.05. The normalized spacial score (nSPS) is 19.9. The maximum absolute atomic E-state index is 12.8. The van der Waals surface area contributed by atoms with Gasteiger partial charge in [0.1, 0.15) is 12.1 Å². The first-order chi connectivity index (χ1) is 12.6. The molecule has 1 aliphatic heterocycles. The van der Waals surface area contributed by atoms with E-state index in [1.807, 2.05) is 19.0 Å². The SMILES string of the molecule is CN(C(=O)c1cnn(C)c1)C1CCCN(c2ncnc3c2CCCC3)C1. The lowest BCUT2D eigenvalue weighted by Crippen LogP contribution is -2.49. The molecule has 0 spiro atoms. The van der Waals surface area contributed by atoms with Crippen LogP contribution in [-0.2, 0) is 19.9 Å². The molecule has 1 fully saturated rings. The van der Waals surface area contributed by atoms with Crippen LogP contribution in [0.2, 0.25) is 0 Å². The van der Waals surface area contributed by atoms with Gasteiger partial charge >= 0.3 is 0 Å². The van der Waals surface area contributed by atoms with Gasteiger partial charge in [-0.15, -0.1) is 0 Å². The van der Waals surface area contributed by atoms with Gasteiger partial charge in [-0.05, 0) is 38.5 Å². The van der Waals surface area contributed by atoms with Crippen LogP contribution in [-0.4, -0.2) is 56.7 Å². The smallest absolute Gasteiger partial charge is 0.257 e. The lowest BCUT2D eigenvalue weighted by atomic mass is 9.95. The minimum absolute atomic E-state index is 0.0367. The van der Waals surface area contributed by atoms with Gasteiger partial charge in [-0.25, -0.2) is 9.97 Å². The van der Waals surface area contributed by atoms with Gasteiger partial charge in [0.15, 0.2) is 0 Å². The van der Waals surface area contributed by atoms with E-state index >= 15 is 0 Å². The minimum Gasteiger partial charge on any atom is -0.354 e. The summed E-state index contributed by atoms with van der Waals surface area (Å²) >= 11 is 0. The zero-order valence-electron chi connectivity index (χ0n) is 15.6. The van der Waals surface area contributed by atoms with Crippen molar-refractivity contribution < 1.29 is 4.79 Å². The molecule has 0 aromatic carbocycles. The fraction of sp³-hybridized carbons (Fsp3) is 0.579. The van der Waals surface area contributed by atoms with Crippen LogP contribution in [0, 0.1) is 0 Å². The highest BCUT2D eigenvalue weighted by Gasteiger charge is 2.29. The summed E-state index contributed by atoms with van der Waals surface area (Å²) in [6.07, 6.45) is 11.8. The minimum atomic E-state index is 0.0367. The van der Waals surface area contributed by atoms with Crippen molar-refractivity contribution in [3.63, 3.8) is 0 Å². The molecule has 4 rings (SSSR count). The molecule has 0 saturated carbocycles. The zero-order valence-corrected chi connectivity index (χ0v) is 15.6. The van der Waals surface area contributed by atoms with Crippen molar-refractivity contribution in [1.82, 2.24) is 24.6 Å². The van der Waals surface area contributed by atoms with Crippen LogP contribution in [0.3, 0.4) is 0 Å². The Morgan fingerprint density at radius 2 is 2.08 bits per heavy atom. The number of aromatic nitrogens is 4. The maximum Gasteiger partial charge on any atom is 0.257 e. The van der Waals surface area contributed by atoms with Gasteiger partial charge in [0, 0.05) is 50.7 Å². The van der Waals surface area contributed by atoms with Crippen molar-refractivity contribution in [1.29, 1.82) is 0 Å². The summed E-state index contributed by atoms with van der Waals surface area (Å²) in [5.74, 6) is 1.12. The summed E-state index contributed by atoms with van der Waals surface area (Å²) in [4.78, 5) is 26.1. The van der Waals surface area contributed by atoms with Crippen LogP contribution in [0.25, 0.3) is 0 Å². The van der Waals surface area contributed by atoms with Crippen molar-refractivity contribution in [3.05, 3.63) is 35.5 Å². The van der Waals surface area contributed by atoms with E-state index in [-0.39, 0.29) is 11.9 Å². The number of carbonyl (C=O) groups is 1. The van der Waals surface area contributed by atoms with Crippen molar-refractivity contribution in [2.45, 2.75) is 44.6 Å². The Balaban J connectivity index is 1.52. The molecule has 1 unspecified atom stereocenters. The van der Waals surface area contributed by atoms with Gasteiger partial charge in [0.2, 0.25) is 0 Å². The molecule has 2 aromatic heterocycles. The van der Waals surface area contributed by atoms with E-state index in [0.29, 0.717) is 5.56 Å². The number of rotatable bonds is 3. The molecule has 0 bridgehead atoms. The van der Waals surface area contributed by atoms with E-state index in [1.54, 1.807) is 23.4 Å². The summed E-state index contributed by atoms with van der Waals surface area (Å²) in [5.41, 5.74) is 3.18. The Morgan fingerprint density at radius 1 is 1.23 bits per heavy atom. The van der Waals surface area contributed by atoms with Crippen molar-refractivity contribution in [2.75, 3.05) is 25.0 Å². The van der Waals surface area contributed by atoms with E-state index < -0.39 is 0 Å². The second-order valence-corrected chi connectivity index (χ2v) is 7.39. The molecule has 1 atom stereocenters. The third-order valence-corrected chi connectivity index (χ3v) is 5.62. The molecule has 0 N–H and O–H groups in total. The van der Waals surface area contributed by atoms with Gasteiger partial charge in [-0.2, -0.15) is 5.10 Å². The first kappa shape index (κ1) is 17.0. The van der Waals surface area contributed by atoms with Crippen LogP contribution in [0.5, 0.6) is 0 Å². The van der Waals surface area contributed by atoms with E-state index in [1.165, 1.54) is 24.1 Å². The van der Waals surface area contributed by atoms with E-state index in [0.717, 1.165) is 44.6 Å². The Morgan fingerprint density at radius 3 is 2.88 bits per heavy atom. The van der Waals surface area contributed by atoms with Gasteiger partial charge in [0.25, 0.3) is 5.91 Å². The Kier molecular flexibility index (Phi) is 4.61. The maximum atomic E-state index is 12.8. The number of amides is 1. The number of anilines is 1. The predicted molar refractivity (Wildman–Crippen MR) is 99.2 cm³/mol. The number of piperidine rings is 1. The van der Waals surface area contributed by atoms with Crippen LogP contribution < -0.4 is 4.90 Å². The first-order valence-corrected chi connectivity index (χ1v) is 9.47. The molecule has 1 aliphatic carbocycles. The molecular formula is C19H26N6O. The van der Waals surface area contributed by atoms with Crippen molar-refractivity contribution in [2.24, 2.45) is 7.05 Å². The molecule has 138 valence electrons. The van der Waals surface area contributed by atoms with Crippen molar-refractivity contribution >= 4 is 11.7 Å². The number of likely N-dealkylation sites (N-methyl/N-ethyl adjacent to an activating group) is 1. The second-order valence-electron chi connectivity index (χ2n) is 7.39. The monoisotopic (exact) mass is 354 g/mol. The molecule has 26 heavy (non-hydrogen) atoms. The molecule has 2 aromatic rings. The summed E-state index contributed by atoms with van der Waals surface area (Å²) in [5, 5.41) is 4.12. The van der Waals surface area contributed by atoms with Gasteiger partial charge in [-0.3, -0.25) is 9.48 Å². The van der Waals surface area contributed by atoms with Crippen molar-refractivity contribution in [3.8, 4) is 0 Å². The Hall–Kier alpha value is -2.44. The van der Waals surface area contributed by atoms with Crippen LogP contribution in [0.15, 0.2) is 18.7 Å². The van der Waals surface area contributed by atoms with Crippen LogP contribution >= 0.6 is 0 Å². The molecule has 1 saturated heterocycles. The number of hydrogen-bond acceptors (Lipinski definition) is 5. The third kappa shape index (κ3) is 3.18. The average molecular weight is 354 g/mol. The first-order valence-electron chi connectivity index (χ1n) is 9.47. The van der Waals surface area contributed by atoms with E-state index in [2.05, 4.69) is 20.0 Å². The van der Waals surface area contributed by atoms with Crippen LogP contribution in [0.4, 0.5) is 5.82 Å². The summed E-state index contributed by atoms with van der Waals surface area (Å²) < 4.78 is 1.67. The highest BCUT2D eigenvalue weighted by molar-refractivity contribution is 5.93. The predicted octanol–water partition coefficient (Wildman–Crippen LogP) is 1.83. The van der Waals surface area contributed by atoms with E-state index in [4.69, 9.17) is 0 Å². The largest absolute Gasteiger partial charge is 0.354 e. The summed E-state index contributed by atoms with van der Waals surface area (Å²) in [7, 11) is 3.73. The Labute approximate surface area is 154 Å². The summed E-state index contributed by atoms with van der Waals surface area (Å²) in [6.45, 7) is 1.82. The number of aryl methyl sites for hydroxylation is 2. The zero-order chi connectivity index (χ0) is 18.1. The van der Waals surface area contributed by atoms with E-state index in [9.17, 15) is 4.79 Å². The average Bonchev–Trinajstić information content (AvgIpc) is 3.13. The fourth-order valence-corrected chi connectivity index (χ4v) is 4.14. The van der Waals surface area contributed by atoms with Gasteiger partial charge in [0.05, 0.1) is 11.8 Å². The number of fused-ring (bicyclic) bond motifs is 1. The standard InChI is InChI=1S/C19H26N6O/c1-23-11-14(10-22-23)19(26)24(2)15-6-5-9-25(12-15)18-16-7-3-4-8-17(16)20-13-21-18/h10-11,13,15H,3-9,12H2,1-2H3. The third-order valence-electron chi connectivity index (χ3n) is 5.62. The topological polar surface area (TPSA) is 67.2 Å². The highest BCUT2D eigenvalue weighted by Crippen LogP contribution is 2.29. The van der Waals surface area contributed by atoms with Gasteiger partial charge in [-0.1, -0.05) is 0 Å².